The number of hydrogen-bond acceptors (Lipinski definition) is 9. The van der Waals surface area contributed by atoms with E-state index < -0.39 is 18.3 Å². The molecule has 4 heterocycles. The van der Waals surface area contributed by atoms with Gasteiger partial charge >= 0.3 is 13.1 Å². The maximum Gasteiger partial charge on any atom is 0.487 e. The number of carbonyl (C=O) groups is 1. The molecule has 1 saturated heterocycles. The number of methoxy groups -OCH3 is 1. The summed E-state index contributed by atoms with van der Waals surface area (Å²) in [5, 5.41) is 14.8. The number of esters is 1. The molecule has 0 spiro atoms. The molecule has 1 fully saturated rings. The summed E-state index contributed by atoms with van der Waals surface area (Å²) in [6, 6.07) is 6.26. The number of fused-ring (bicyclic) bond motifs is 1. The van der Waals surface area contributed by atoms with E-state index in [2.05, 4.69) is 50.4 Å². The summed E-state index contributed by atoms with van der Waals surface area (Å²) in [6.07, 6.45) is 4.22. The summed E-state index contributed by atoms with van der Waals surface area (Å²) in [5.41, 5.74) is 5.56. The molecule has 0 amide bonds. The molecule has 1 aliphatic heterocycles. The molecule has 45 heavy (non-hydrogen) atoms. The molecule has 3 aromatic heterocycles. The number of aromatic nitrogens is 6. The monoisotopic (exact) mass is 748 g/mol. The van der Waals surface area contributed by atoms with Gasteiger partial charge in [-0.1, -0.05) is 12.0 Å². The van der Waals surface area contributed by atoms with Gasteiger partial charge in [0.2, 0.25) is 5.88 Å². The van der Waals surface area contributed by atoms with Gasteiger partial charge in [-0.15, -0.1) is 0 Å². The largest absolute Gasteiger partial charge is 0.487 e. The lowest BCUT2D eigenvalue weighted by Crippen LogP contribution is -2.41. The van der Waals surface area contributed by atoms with Crippen molar-refractivity contribution >= 4 is 58.5 Å². The minimum atomic E-state index is -0.456. The Labute approximate surface area is 278 Å². The maximum atomic E-state index is 11.8. The van der Waals surface area contributed by atoms with E-state index in [9.17, 15) is 4.79 Å². The molecule has 0 radical (unpaired) electrons. The van der Waals surface area contributed by atoms with Crippen LogP contribution >= 0.6 is 28.4 Å². The summed E-state index contributed by atoms with van der Waals surface area (Å²) in [6.45, 7) is 13.0. The molecule has 1 atom stereocenters. The lowest BCUT2D eigenvalue weighted by atomic mass is 9.89. The van der Waals surface area contributed by atoms with Crippen LogP contribution in [0.2, 0.25) is 0 Å². The quantitative estimate of drug-likeness (QED) is 0.0613. The molecule has 1 aliphatic rings. The van der Waals surface area contributed by atoms with Gasteiger partial charge in [0.1, 0.15) is 13.2 Å². The molecule has 0 aliphatic carbocycles. The van der Waals surface area contributed by atoms with Crippen LogP contribution in [0.25, 0.3) is 28.1 Å². The van der Waals surface area contributed by atoms with Crippen LogP contribution in [-0.2, 0) is 43.8 Å². The standard InChI is InChI=1S/C30H39BIN6O6P/c1-19-20(2)34-37(17-27(39)40-8)26(19)18-41-13-14-42-28-23(16-33-36(28)7)21-9-10-25-22(15-21)24(35-38(25)45-32)11-12-31-43-29(3,4)30(5,6)44-31/h9-12,15-16,45H,13-14,17-18H2,1-8H3/b12-11+. The molecule has 1 unspecified atom stereocenters. The van der Waals surface area contributed by atoms with Crippen molar-refractivity contribution in [3.63, 3.8) is 0 Å². The van der Waals surface area contributed by atoms with Gasteiger partial charge in [0.05, 0.1) is 72.3 Å². The van der Waals surface area contributed by atoms with Gasteiger partial charge in [0.25, 0.3) is 0 Å². The normalized spacial score (nSPS) is 16.2. The van der Waals surface area contributed by atoms with Crippen molar-refractivity contribution in [1.29, 1.82) is 0 Å². The molecule has 0 bridgehead atoms. The fourth-order valence-electron chi connectivity index (χ4n) is 5.01. The second-order valence-corrected chi connectivity index (χ2v) is 13.9. The Morgan fingerprint density at radius 1 is 1.13 bits per heavy atom. The van der Waals surface area contributed by atoms with Crippen LogP contribution < -0.4 is 4.74 Å². The minimum absolute atomic E-state index is 0.0380. The average molecular weight is 748 g/mol. The molecule has 4 aromatic rings. The Kier molecular flexibility index (Phi) is 10.1. The van der Waals surface area contributed by atoms with Crippen LogP contribution in [0.3, 0.4) is 0 Å². The molecule has 0 saturated carbocycles. The van der Waals surface area contributed by atoms with Gasteiger partial charge in [0, 0.05) is 12.4 Å². The Hall–Kier alpha value is -2.78. The third-order valence-electron chi connectivity index (χ3n) is 8.44. The number of ether oxygens (including phenoxy) is 3. The number of halogens is 1. The van der Waals surface area contributed by atoms with Crippen LogP contribution in [0, 0.1) is 13.8 Å². The molecule has 12 nitrogen and oxygen atoms in total. The van der Waals surface area contributed by atoms with Crippen molar-refractivity contribution in [3.05, 3.63) is 53.0 Å². The minimum Gasteiger partial charge on any atom is -0.475 e. The highest BCUT2D eigenvalue weighted by molar-refractivity contribution is 14.2. The predicted octanol–water partition coefficient (Wildman–Crippen LogP) is 5.45. The van der Waals surface area contributed by atoms with E-state index in [1.165, 1.54) is 7.11 Å². The van der Waals surface area contributed by atoms with E-state index in [-0.39, 0.29) is 12.5 Å². The van der Waals surface area contributed by atoms with Crippen LogP contribution in [0.4, 0.5) is 0 Å². The smallest absolute Gasteiger partial charge is 0.475 e. The Morgan fingerprint density at radius 2 is 1.87 bits per heavy atom. The second kappa shape index (κ2) is 13.5. The zero-order valence-corrected chi connectivity index (χ0v) is 30.0. The first-order chi connectivity index (χ1) is 21.3. The molecule has 240 valence electrons. The number of hydrogen-bond donors (Lipinski definition) is 0. The fraction of sp³-hybridized carbons (Fsp3) is 0.467. The van der Waals surface area contributed by atoms with Crippen LogP contribution in [0.15, 0.2) is 30.4 Å². The summed E-state index contributed by atoms with van der Waals surface area (Å²) < 4.78 is 34.6. The van der Waals surface area contributed by atoms with Crippen LogP contribution in [0.1, 0.15) is 50.3 Å². The summed E-state index contributed by atoms with van der Waals surface area (Å²) >= 11 is 2.34. The third-order valence-corrected chi connectivity index (χ3v) is 10.3. The summed E-state index contributed by atoms with van der Waals surface area (Å²) in [4.78, 5) is 11.8. The van der Waals surface area contributed by atoms with E-state index in [0.29, 0.717) is 32.1 Å². The molecule has 1 aromatic carbocycles. The van der Waals surface area contributed by atoms with Gasteiger partial charge < -0.3 is 23.5 Å². The lowest BCUT2D eigenvalue weighted by molar-refractivity contribution is -0.141. The van der Waals surface area contributed by atoms with Crippen molar-refractivity contribution < 1.29 is 28.3 Å². The highest BCUT2D eigenvalue weighted by Crippen LogP contribution is 2.38. The maximum absolute atomic E-state index is 11.8. The number of aryl methyl sites for hydroxylation is 2. The highest BCUT2D eigenvalue weighted by atomic mass is 127. The first kappa shape index (κ1) is 33.6. The molecular formula is C30H39BIN6O6P. The van der Waals surface area contributed by atoms with E-state index in [1.54, 1.807) is 15.6 Å². The van der Waals surface area contributed by atoms with E-state index >= 15 is 0 Å². The molecule has 5 rings (SSSR count). The van der Waals surface area contributed by atoms with E-state index in [0.717, 1.165) is 44.7 Å². The Bertz CT molecular complexity index is 1720. The van der Waals surface area contributed by atoms with E-state index in [4.69, 9.17) is 28.6 Å². The average Bonchev–Trinajstić information content (AvgIpc) is 3.68. The molecule has 0 N–H and O–H groups in total. The van der Waals surface area contributed by atoms with Crippen molar-refractivity contribution in [3.8, 4) is 17.0 Å². The number of carbonyl (C=O) groups excluding carboxylic acids is 1. The third kappa shape index (κ3) is 6.99. The highest BCUT2D eigenvalue weighted by Gasteiger charge is 2.50. The van der Waals surface area contributed by atoms with Crippen molar-refractivity contribution in [2.45, 2.75) is 65.9 Å². The number of benzene rings is 1. The van der Waals surface area contributed by atoms with Gasteiger partial charge in [-0.05, 0) is 92.9 Å². The Morgan fingerprint density at radius 3 is 2.56 bits per heavy atom. The Balaban J connectivity index is 1.29. The van der Waals surface area contributed by atoms with Crippen LogP contribution in [-0.4, -0.2) is 73.7 Å². The van der Waals surface area contributed by atoms with Gasteiger partial charge in [-0.2, -0.15) is 15.3 Å². The van der Waals surface area contributed by atoms with Crippen molar-refractivity contribution in [1.82, 2.24) is 29.1 Å². The van der Waals surface area contributed by atoms with Crippen molar-refractivity contribution in [2.24, 2.45) is 7.05 Å². The SMILES string of the molecule is COC(=O)Cn1nc(C)c(C)c1COCCOc1c(-c2ccc3c(c2)c(/C=C/B2OC(C)(C)C(C)(C)O2)nn3PI)cnn1C. The molecule has 15 heteroatoms. The van der Waals surface area contributed by atoms with Gasteiger partial charge in [-0.25, -0.2) is 9.13 Å². The number of nitrogens with zero attached hydrogens (tertiary/aromatic N) is 6. The zero-order valence-electron chi connectivity index (χ0n) is 26.9. The van der Waals surface area contributed by atoms with Crippen molar-refractivity contribution in [2.75, 3.05) is 20.3 Å². The first-order valence-corrected chi connectivity index (χ1v) is 18.7. The van der Waals surface area contributed by atoms with E-state index in [1.807, 2.05) is 65.1 Å². The zero-order chi connectivity index (χ0) is 32.5. The second-order valence-electron chi connectivity index (χ2n) is 11.9. The summed E-state index contributed by atoms with van der Waals surface area (Å²) in [5.74, 6) is 2.20. The topological polar surface area (TPSA) is 117 Å². The van der Waals surface area contributed by atoms with Crippen LogP contribution in [0.5, 0.6) is 5.88 Å². The summed E-state index contributed by atoms with van der Waals surface area (Å²) in [7, 11) is 2.76. The fourth-order valence-corrected chi connectivity index (χ4v) is 6.55. The van der Waals surface area contributed by atoms with Gasteiger partial charge in [0.15, 0.2) is 0 Å². The predicted molar refractivity (Wildman–Crippen MR) is 184 cm³/mol. The molecular weight excluding hydrogens is 709 g/mol. The number of rotatable bonds is 12. The first-order valence-electron chi connectivity index (χ1n) is 14.6. The van der Waals surface area contributed by atoms with Gasteiger partial charge in [-0.3, -0.25) is 9.48 Å². The lowest BCUT2D eigenvalue weighted by Gasteiger charge is -2.32.